The summed E-state index contributed by atoms with van der Waals surface area (Å²) in [6.45, 7) is 1.65. The molecule has 2 aromatic carbocycles. The maximum Gasteiger partial charge on any atom is 0.339 e. The lowest BCUT2D eigenvalue weighted by molar-refractivity contribution is 0.0602. The average molecular weight is 371 g/mol. The molecule has 0 fully saturated rings. The van der Waals surface area contributed by atoms with E-state index in [4.69, 9.17) is 20.9 Å². The zero-order valence-corrected chi connectivity index (χ0v) is 14.8. The summed E-state index contributed by atoms with van der Waals surface area (Å²) in [6, 6.07) is 13.7. The molecule has 3 rings (SSSR count). The van der Waals surface area contributed by atoms with Crippen LogP contribution in [0.15, 0.2) is 53.1 Å². The Morgan fingerprint density at radius 2 is 1.88 bits per heavy atom. The Kier molecular flexibility index (Phi) is 5.04. The van der Waals surface area contributed by atoms with Crippen molar-refractivity contribution in [3.05, 3.63) is 70.4 Å². The summed E-state index contributed by atoms with van der Waals surface area (Å²) in [6.07, 6.45) is 0. The van der Waals surface area contributed by atoms with Crippen molar-refractivity contribution in [2.75, 3.05) is 12.4 Å². The summed E-state index contributed by atoms with van der Waals surface area (Å²) in [5, 5.41) is 7.06. The molecule has 0 saturated heterocycles. The number of methoxy groups -OCH3 is 1. The summed E-state index contributed by atoms with van der Waals surface area (Å²) in [5.41, 5.74) is 1.89. The van der Waals surface area contributed by atoms with Crippen molar-refractivity contribution in [3.8, 4) is 11.3 Å². The first-order chi connectivity index (χ1) is 12.5. The Bertz CT molecular complexity index is 967. The van der Waals surface area contributed by atoms with Crippen LogP contribution < -0.4 is 5.32 Å². The molecule has 7 heteroatoms. The molecule has 132 valence electrons. The van der Waals surface area contributed by atoms with E-state index in [1.54, 1.807) is 13.0 Å². The number of aryl methyl sites for hydroxylation is 1. The van der Waals surface area contributed by atoms with Crippen LogP contribution in [0, 0.1) is 6.92 Å². The number of halogens is 1. The molecular weight excluding hydrogens is 356 g/mol. The van der Waals surface area contributed by atoms with Crippen LogP contribution in [-0.4, -0.2) is 24.1 Å². The standard InChI is InChI=1S/C19H15ClN2O4/c1-11-16(17(22-26-11)12-6-4-3-5-7-12)18(23)21-15-10-13(20)8-9-14(15)19(24)25-2/h3-10H,1-2H3,(H,21,23). The molecule has 0 saturated carbocycles. The summed E-state index contributed by atoms with van der Waals surface area (Å²) < 4.78 is 9.94. The topological polar surface area (TPSA) is 81.4 Å². The van der Waals surface area contributed by atoms with Crippen LogP contribution in [0.3, 0.4) is 0 Å². The number of ether oxygens (including phenoxy) is 1. The van der Waals surface area contributed by atoms with Crippen molar-refractivity contribution in [3.63, 3.8) is 0 Å². The number of carbonyl (C=O) groups is 2. The zero-order valence-electron chi connectivity index (χ0n) is 14.1. The molecule has 0 spiro atoms. The van der Waals surface area contributed by atoms with Gasteiger partial charge in [-0.25, -0.2) is 4.79 Å². The van der Waals surface area contributed by atoms with Gasteiger partial charge in [0.25, 0.3) is 5.91 Å². The van der Waals surface area contributed by atoms with E-state index in [0.29, 0.717) is 16.5 Å². The van der Waals surface area contributed by atoms with Crippen molar-refractivity contribution in [2.24, 2.45) is 0 Å². The Hall–Kier alpha value is -3.12. The molecule has 1 heterocycles. The molecule has 0 radical (unpaired) electrons. The van der Waals surface area contributed by atoms with Gasteiger partial charge >= 0.3 is 5.97 Å². The number of nitrogens with zero attached hydrogens (tertiary/aromatic N) is 1. The molecule has 0 aliphatic rings. The van der Waals surface area contributed by atoms with Crippen LogP contribution in [0.2, 0.25) is 5.02 Å². The number of nitrogens with one attached hydrogen (secondary N) is 1. The second-order valence-corrected chi connectivity index (χ2v) is 5.90. The van der Waals surface area contributed by atoms with Gasteiger partial charge in [0.05, 0.1) is 18.4 Å². The summed E-state index contributed by atoms with van der Waals surface area (Å²) in [7, 11) is 1.26. The zero-order chi connectivity index (χ0) is 18.7. The number of carbonyl (C=O) groups excluding carboxylic acids is 2. The van der Waals surface area contributed by atoms with Gasteiger partial charge in [0, 0.05) is 10.6 Å². The van der Waals surface area contributed by atoms with Gasteiger partial charge in [0.15, 0.2) is 0 Å². The van der Waals surface area contributed by atoms with E-state index in [9.17, 15) is 9.59 Å². The van der Waals surface area contributed by atoms with Gasteiger partial charge in [-0.15, -0.1) is 0 Å². The molecule has 0 bridgehead atoms. The molecule has 1 amide bonds. The molecule has 1 N–H and O–H groups in total. The fourth-order valence-electron chi connectivity index (χ4n) is 2.53. The van der Waals surface area contributed by atoms with E-state index in [0.717, 1.165) is 5.56 Å². The Labute approximate surface area is 154 Å². The van der Waals surface area contributed by atoms with Gasteiger partial charge < -0.3 is 14.6 Å². The van der Waals surface area contributed by atoms with Crippen molar-refractivity contribution in [1.82, 2.24) is 5.16 Å². The van der Waals surface area contributed by atoms with Gasteiger partial charge in [-0.2, -0.15) is 0 Å². The van der Waals surface area contributed by atoms with Gasteiger partial charge in [0.2, 0.25) is 0 Å². The highest BCUT2D eigenvalue weighted by Gasteiger charge is 2.23. The predicted octanol–water partition coefficient (Wildman–Crippen LogP) is 4.34. The molecule has 0 unspecified atom stereocenters. The summed E-state index contributed by atoms with van der Waals surface area (Å²) in [4.78, 5) is 24.8. The average Bonchev–Trinajstić information content (AvgIpc) is 3.03. The minimum Gasteiger partial charge on any atom is -0.465 e. The normalized spacial score (nSPS) is 10.4. The third kappa shape index (κ3) is 3.45. The Balaban J connectivity index is 1.99. The van der Waals surface area contributed by atoms with E-state index in [2.05, 4.69) is 10.5 Å². The molecule has 0 aliphatic heterocycles. The molecule has 3 aromatic rings. The van der Waals surface area contributed by atoms with Crippen LogP contribution in [-0.2, 0) is 4.74 Å². The lowest BCUT2D eigenvalue weighted by Gasteiger charge is -2.10. The number of benzene rings is 2. The minimum absolute atomic E-state index is 0.195. The van der Waals surface area contributed by atoms with Gasteiger partial charge in [-0.3, -0.25) is 4.79 Å². The Morgan fingerprint density at radius 1 is 1.15 bits per heavy atom. The smallest absolute Gasteiger partial charge is 0.339 e. The van der Waals surface area contributed by atoms with Gasteiger partial charge in [-0.05, 0) is 25.1 Å². The van der Waals surface area contributed by atoms with E-state index < -0.39 is 11.9 Å². The van der Waals surface area contributed by atoms with Crippen molar-refractivity contribution in [1.29, 1.82) is 0 Å². The molecule has 1 aromatic heterocycles. The number of amides is 1. The Morgan fingerprint density at radius 3 is 2.58 bits per heavy atom. The van der Waals surface area contributed by atoms with E-state index in [1.165, 1.54) is 19.2 Å². The van der Waals surface area contributed by atoms with Crippen LogP contribution in [0.1, 0.15) is 26.5 Å². The second-order valence-electron chi connectivity index (χ2n) is 5.46. The van der Waals surface area contributed by atoms with Crippen LogP contribution in [0.25, 0.3) is 11.3 Å². The maximum atomic E-state index is 12.9. The summed E-state index contributed by atoms with van der Waals surface area (Å²) in [5.74, 6) is -0.680. The quantitative estimate of drug-likeness (QED) is 0.691. The first-order valence-electron chi connectivity index (χ1n) is 7.72. The highest BCUT2D eigenvalue weighted by Crippen LogP contribution is 2.28. The molecule has 6 nitrogen and oxygen atoms in total. The highest BCUT2D eigenvalue weighted by atomic mass is 35.5. The number of hydrogen-bond acceptors (Lipinski definition) is 5. The summed E-state index contributed by atoms with van der Waals surface area (Å²) >= 11 is 6.00. The van der Waals surface area contributed by atoms with Crippen molar-refractivity contribution < 1.29 is 18.8 Å². The number of aromatic nitrogens is 1. The second kappa shape index (κ2) is 7.41. The first kappa shape index (κ1) is 17.7. The largest absolute Gasteiger partial charge is 0.465 e. The van der Waals surface area contributed by atoms with Crippen LogP contribution in [0.4, 0.5) is 5.69 Å². The van der Waals surface area contributed by atoms with Crippen LogP contribution in [0.5, 0.6) is 0 Å². The van der Waals surface area contributed by atoms with Gasteiger partial charge in [0.1, 0.15) is 17.0 Å². The van der Waals surface area contributed by atoms with Crippen molar-refractivity contribution >= 4 is 29.2 Å². The lowest BCUT2D eigenvalue weighted by atomic mass is 10.1. The van der Waals surface area contributed by atoms with Gasteiger partial charge in [-0.1, -0.05) is 47.1 Å². The SMILES string of the molecule is COC(=O)c1ccc(Cl)cc1NC(=O)c1c(-c2ccccc2)noc1C. The lowest BCUT2D eigenvalue weighted by Crippen LogP contribution is -2.16. The minimum atomic E-state index is -0.581. The van der Waals surface area contributed by atoms with Crippen molar-refractivity contribution in [2.45, 2.75) is 6.92 Å². The third-order valence-electron chi connectivity index (χ3n) is 3.77. The fourth-order valence-corrected chi connectivity index (χ4v) is 2.70. The first-order valence-corrected chi connectivity index (χ1v) is 8.10. The number of anilines is 1. The number of rotatable bonds is 4. The van der Waals surface area contributed by atoms with Crippen LogP contribution >= 0.6 is 11.6 Å². The maximum absolute atomic E-state index is 12.9. The molecular formula is C19H15ClN2O4. The van der Waals surface area contributed by atoms with E-state index in [-0.39, 0.29) is 16.8 Å². The predicted molar refractivity (Wildman–Crippen MR) is 97.4 cm³/mol. The fraction of sp³-hybridized carbons (Fsp3) is 0.105. The van der Waals surface area contributed by atoms with E-state index >= 15 is 0 Å². The molecule has 0 aliphatic carbocycles. The number of esters is 1. The monoisotopic (exact) mass is 370 g/mol. The third-order valence-corrected chi connectivity index (χ3v) is 4.01. The highest BCUT2D eigenvalue weighted by molar-refractivity contribution is 6.31. The van der Waals surface area contributed by atoms with E-state index in [1.807, 2.05) is 30.3 Å². The molecule has 0 atom stereocenters. The molecule has 26 heavy (non-hydrogen) atoms. The number of hydrogen-bond donors (Lipinski definition) is 1.